The maximum atomic E-state index is 13.5. The van der Waals surface area contributed by atoms with Crippen molar-refractivity contribution in [3.8, 4) is 0 Å². The second-order valence-corrected chi connectivity index (χ2v) is 8.91. The summed E-state index contributed by atoms with van der Waals surface area (Å²) in [6, 6.07) is 6.49. The van der Waals surface area contributed by atoms with Gasteiger partial charge in [0, 0.05) is 30.0 Å². The van der Waals surface area contributed by atoms with Gasteiger partial charge in [-0.2, -0.15) is 4.52 Å². The number of unbranched alkanes of at least 4 members (excludes halogenated alkanes) is 2. The fourth-order valence-electron chi connectivity index (χ4n) is 4.53. The second-order valence-electron chi connectivity index (χ2n) is 8.91. The summed E-state index contributed by atoms with van der Waals surface area (Å²) in [5.74, 6) is 0. The number of anilines is 3. The van der Waals surface area contributed by atoms with Gasteiger partial charge in [0.15, 0.2) is 5.65 Å². The molecule has 184 valence electrons. The Morgan fingerprint density at radius 2 is 1.85 bits per heavy atom. The van der Waals surface area contributed by atoms with Crippen LogP contribution in [0.25, 0.3) is 11.7 Å². The van der Waals surface area contributed by atoms with Crippen LogP contribution in [0.2, 0.25) is 0 Å². The second kappa shape index (κ2) is 11.9. The molecule has 2 aromatic heterocycles. The minimum Gasteiger partial charge on any atom is -0.372 e. The smallest absolute Gasteiger partial charge is 0.276 e. The fourth-order valence-corrected chi connectivity index (χ4v) is 4.53. The van der Waals surface area contributed by atoms with E-state index in [4.69, 9.17) is 4.98 Å². The molecular formula is C28H41N5O. The molecule has 6 nitrogen and oxygen atoms in total. The molecule has 0 atom stereocenters. The van der Waals surface area contributed by atoms with E-state index in [0.717, 1.165) is 85.5 Å². The van der Waals surface area contributed by atoms with Crippen LogP contribution < -0.4 is 15.8 Å². The van der Waals surface area contributed by atoms with Gasteiger partial charge in [-0.3, -0.25) is 9.89 Å². The van der Waals surface area contributed by atoms with Gasteiger partial charge in [-0.15, -0.1) is 0 Å². The highest BCUT2D eigenvalue weighted by atomic mass is 16.1. The Morgan fingerprint density at radius 3 is 2.47 bits per heavy atom. The lowest BCUT2D eigenvalue weighted by Gasteiger charge is -2.22. The van der Waals surface area contributed by atoms with Crippen LogP contribution in [-0.2, 0) is 12.8 Å². The zero-order valence-corrected chi connectivity index (χ0v) is 21.8. The van der Waals surface area contributed by atoms with Gasteiger partial charge in [0.05, 0.1) is 11.4 Å². The molecule has 0 spiro atoms. The molecule has 2 N–H and O–H groups in total. The van der Waals surface area contributed by atoms with Gasteiger partial charge < -0.3 is 10.2 Å². The SMILES string of the molecule is C/C=C/c1[nH]n2c(=O)c(CCCCC)c(CCC)nc2c1Nc1ccc(N(CC)CC)cc1C. The molecule has 0 saturated heterocycles. The summed E-state index contributed by atoms with van der Waals surface area (Å²) < 4.78 is 1.62. The van der Waals surface area contributed by atoms with Gasteiger partial charge in [-0.1, -0.05) is 39.2 Å². The first-order valence-corrected chi connectivity index (χ1v) is 12.9. The Bertz CT molecular complexity index is 1180. The zero-order valence-electron chi connectivity index (χ0n) is 21.8. The molecule has 0 saturated carbocycles. The number of allylic oxidation sites excluding steroid dienone is 1. The van der Waals surface area contributed by atoms with Crippen LogP contribution in [-0.4, -0.2) is 27.7 Å². The first-order valence-electron chi connectivity index (χ1n) is 12.9. The number of H-pyrrole nitrogens is 1. The fraction of sp³-hybridized carbons (Fsp3) is 0.500. The quantitative estimate of drug-likeness (QED) is 0.296. The van der Waals surface area contributed by atoms with E-state index in [9.17, 15) is 4.79 Å². The summed E-state index contributed by atoms with van der Waals surface area (Å²) in [6.07, 6.45) is 9.80. The Labute approximate surface area is 204 Å². The first-order chi connectivity index (χ1) is 16.5. The van der Waals surface area contributed by atoms with E-state index in [1.807, 2.05) is 19.1 Å². The number of fused-ring (bicyclic) bond motifs is 1. The van der Waals surface area contributed by atoms with E-state index in [2.05, 4.69) is 68.1 Å². The first kappa shape index (κ1) is 25.6. The number of hydrogen-bond donors (Lipinski definition) is 2. The molecule has 0 aliphatic carbocycles. The summed E-state index contributed by atoms with van der Waals surface area (Å²) in [7, 11) is 0. The average molecular weight is 464 g/mol. The van der Waals surface area contributed by atoms with Crippen molar-refractivity contribution in [2.24, 2.45) is 0 Å². The highest BCUT2D eigenvalue weighted by molar-refractivity contribution is 5.83. The number of rotatable bonds is 12. The molecule has 0 radical (unpaired) electrons. The van der Waals surface area contributed by atoms with Crippen molar-refractivity contribution in [2.75, 3.05) is 23.3 Å². The summed E-state index contributed by atoms with van der Waals surface area (Å²) in [4.78, 5) is 20.9. The molecule has 6 heteroatoms. The lowest BCUT2D eigenvalue weighted by atomic mass is 10.0. The molecule has 3 rings (SSSR count). The molecule has 0 unspecified atom stereocenters. The van der Waals surface area contributed by atoms with E-state index >= 15 is 0 Å². The van der Waals surface area contributed by atoms with Gasteiger partial charge in [-0.05, 0) is 76.8 Å². The van der Waals surface area contributed by atoms with Crippen LogP contribution in [0.3, 0.4) is 0 Å². The third-order valence-electron chi connectivity index (χ3n) is 6.44. The van der Waals surface area contributed by atoms with E-state index in [1.54, 1.807) is 4.52 Å². The van der Waals surface area contributed by atoms with Crippen LogP contribution in [0.5, 0.6) is 0 Å². The lowest BCUT2D eigenvalue weighted by molar-refractivity contribution is 0.694. The summed E-state index contributed by atoms with van der Waals surface area (Å²) >= 11 is 0. The Kier molecular flexibility index (Phi) is 8.97. The van der Waals surface area contributed by atoms with E-state index < -0.39 is 0 Å². The van der Waals surface area contributed by atoms with Crippen molar-refractivity contribution < 1.29 is 0 Å². The molecule has 1 aromatic carbocycles. The molecule has 3 aromatic rings. The molecule has 2 heterocycles. The van der Waals surface area contributed by atoms with Crippen LogP contribution in [0.4, 0.5) is 17.1 Å². The van der Waals surface area contributed by atoms with Crippen LogP contribution >= 0.6 is 0 Å². The normalized spacial score (nSPS) is 11.6. The lowest BCUT2D eigenvalue weighted by Crippen LogP contribution is -2.23. The van der Waals surface area contributed by atoms with E-state index in [0.29, 0.717) is 5.65 Å². The summed E-state index contributed by atoms with van der Waals surface area (Å²) in [5, 5.41) is 6.90. The molecule has 0 fully saturated rings. The number of aromatic amines is 1. The van der Waals surface area contributed by atoms with Gasteiger partial charge in [0.1, 0.15) is 5.69 Å². The zero-order chi connectivity index (χ0) is 24.7. The molecule has 0 amide bonds. The van der Waals surface area contributed by atoms with E-state index in [1.165, 1.54) is 5.69 Å². The van der Waals surface area contributed by atoms with Crippen LogP contribution in [0.15, 0.2) is 29.1 Å². The van der Waals surface area contributed by atoms with Crippen molar-refractivity contribution in [3.05, 3.63) is 57.1 Å². The largest absolute Gasteiger partial charge is 0.372 e. The highest BCUT2D eigenvalue weighted by Gasteiger charge is 2.19. The maximum Gasteiger partial charge on any atom is 0.276 e. The minimum absolute atomic E-state index is 0.0250. The molecule has 0 aliphatic heterocycles. The van der Waals surface area contributed by atoms with Crippen molar-refractivity contribution in [2.45, 2.75) is 80.1 Å². The van der Waals surface area contributed by atoms with E-state index in [-0.39, 0.29) is 5.56 Å². The average Bonchev–Trinajstić information content (AvgIpc) is 3.16. The number of aromatic nitrogens is 3. The summed E-state index contributed by atoms with van der Waals surface area (Å²) in [6.45, 7) is 14.7. The minimum atomic E-state index is 0.0250. The predicted molar refractivity (Wildman–Crippen MR) is 146 cm³/mol. The van der Waals surface area contributed by atoms with Gasteiger partial charge >= 0.3 is 0 Å². The van der Waals surface area contributed by atoms with Crippen molar-refractivity contribution >= 4 is 28.8 Å². The highest BCUT2D eigenvalue weighted by Crippen LogP contribution is 2.30. The monoisotopic (exact) mass is 463 g/mol. The molecular weight excluding hydrogens is 422 g/mol. The number of nitrogens with one attached hydrogen (secondary N) is 2. The van der Waals surface area contributed by atoms with Gasteiger partial charge in [-0.25, -0.2) is 4.98 Å². The number of nitrogens with zero attached hydrogens (tertiary/aromatic N) is 3. The predicted octanol–water partition coefficient (Wildman–Crippen LogP) is 6.64. The Balaban J connectivity index is 2.11. The number of aryl methyl sites for hydroxylation is 2. The summed E-state index contributed by atoms with van der Waals surface area (Å²) in [5.41, 5.74) is 7.56. The molecule has 0 aliphatic rings. The standard InChI is InChI=1S/C28H41N5O/c1-7-12-13-16-22-24(14-8-2)30-27-26(25(15-9-3)31-33(27)28(22)34)29-23-18-17-21(19-20(23)6)32(10-4)11-5/h9,15,17-19,29,31H,7-8,10-14,16H2,1-6H3/b15-9+. The van der Waals surface area contributed by atoms with Crippen molar-refractivity contribution in [3.63, 3.8) is 0 Å². The van der Waals surface area contributed by atoms with Crippen molar-refractivity contribution in [1.29, 1.82) is 0 Å². The topological polar surface area (TPSA) is 65.4 Å². The van der Waals surface area contributed by atoms with Crippen LogP contribution in [0, 0.1) is 6.92 Å². The third-order valence-corrected chi connectivity index (χ3v) is 6.44. The van der Waals surface area contributed by atoms with Crippen molar-refractivity contribution in [1.82, 2.24) is 14.6 Å². The third kappa shape index (κ3) is 5.37. The number of benzene rings is 1. The molecule has 34 heavy (non-hydrogen) atoms. The van der Waals surface area contributed by atoms with Gasteiger partial charge in [0.2, 0.25) is 0 Å². The van der Waals surface area contributed by atoms with Crippen LogP contribution in [0.1, 0.15) is 82.8 Å². The molecule has 0 bridgehead atoms. The number of hydrogen-bond acceptors (Lipinski definition) is 4. The maximum absolute atomic E-state index is 13.5. The Morgan fingerprint density at radius 1 is 1.09 bits per heavy atom. The van der Waals surface area contributed by atoms with Gasteiger partial charge in [0.25, 0.3) is 5.56 Å². The Hall–Kier alpha value is -3.02.